The molecule has 0 aliphatic heterocycles. The van der Waals surface area contributed by atoms with E-state index in [1.807, 2.05) is 18.7 Å². The van der Waals surface area contributed by atoms with Crippen molar-refractivity contribution in [3.63, 3.8) is 0 Å². The van der Waals surface area contributed by atoms with Gasteiger partial charge in [0, 0.05) is 11.4 Å². The molecule has 0 saturated carbocycles. The smallest absolute Gasteiger partial charge is 0.0767 e. The number of hydrogen-bond acceptors (Lipinski definition) is 3. The van der Waals surface area contributed by atoms with E-state index in [-0.39, 0.29) is 0 Å². The minimum atomic E-state index is -0.664. The van der Waals surface area contributed by atoms with Crippen molar-refractivity contribution < 1.29 is 5.11 Å². The maximum atomic E-state index is 10.1. The Balaban J connectivity index is 2.40. The molecule has 0 heterocycles. The van der Waals surface area contributed by atoms with Gasteiger partial charge in [-0.2, -0.15) is 0 Å². The quantitative estimate of drug-likeness (QED) is 0.589. The Morgan fingerprint density at radius 2 is 2.06 bits per heavy atom. The topological polar surface area (TPSA) is 46.2 Å². The summed E-state index contributed by atoms with van der Waals surface area (Å²) in [7, 11) is 0. The molecule has 3 heteroatoms. The van der Waals surface area contributed by atoms with Crippen molar-refractivity contribution in [2.24, 2.45) is 5.73 Å². The van der Waals surface area contributed by atoms with E-state index < -0.39 is 5.60 Å². The highest BCUT2D eigenvalue weighted by Gasteiger charge is 2.21. The molecule has 0 aliphatic carbocycles. The van der Waals surface area contributed by atoms with Crippen LogP contribution < -0.4 is 5.73 Å². The lowest BCUT2D eigenvalue weighted by molar-refractivity contribution is 0.0360. The molecule has 0 aliphatic rings. The average Bonchev–Trinajstić information content (AvgIpc) is 2.38. The molecular weight excluding hydrogens is 242 g/mol. The molecule has 0 bridgehead atoms. The van der Waals surface area contributed by atoms with Gasteiger partial charge >= 0.3 is 0 Å². The van der Waals surface area contributed by atoms with Crippen LogP contribution in [0.25, 0.3) is 0 Å². The van der Waals surface area contributed by atoms with E-state index >= 15 is 0 Å². The summed E-state index contributed by atoms with van der Waals surface area (Å²) < 4.78 is 0. The van der Waals surface area contributed by atoms with E-state index in [9.17, 15) is 5.11 Å². The first-order valence-electron chi connectivity index (χ1n) is 6.63. The first-order valence-corrected chi connectivity index (χ1v) is 7.62. The summed E-state index contributed by atoms with van der Waals surface area (Å²) in [5.74, 6) is 1.03. The molecule has 102 valence electrons. The van der Waals surface area contributed by atoms with Crippen LogP contribution in [0.3, 0.4) is 0 Å². The fourth-order valence-electron chi connectivity index (χ4n) is 1.87. The van der Waals surface area contributed by atoms with Crippen molar-refractivity contribution in [1.82, 2.24) is 0 Å². The maximum Gasteiger partial charge on any atom is 0.0767 e. The van der Waals surface area contributed by atoms with Gasteiger partial charge in [-0.05, 0) is 50.5 Å². The zero-order chi connectivity index (χ0) is 13.6. The number of nitrogens with two attached hydrogens (primary N) is 1. The van der Waals surface area contributed by atoms with Crippen LogP contribution in [0.4, 0.5) is 0 Å². The number of hydrogen-bond donors (Lipinski definition) is 2. The summed E-state index contributed by atoms with van der Waals surface area (Å²) in [6.45, 7) is 6.61. The molecule has 1 unspecified atom stereocenters. The van der Waals surface area contributed by atoms with Crippen LogP contribution in [0.2, 0.25) is 0 Å². The Morgan fingerprint density at radius 1 is 1.33 bits per heavy atom. The Morgan fingerprint density at radius 3 is 2.67 bits per heavy atom. The molecule has 0 saturated heterocycles. The molecule has 1 aromatic rings. The van der Waals surface area contributed by atoms with Crippen LogP contribution in [-0.2, 0) is 0 Å². The van der Waals surface area contributed by atoms with Crippen molar-refractivity contribution in [3.05, 3.63) is 29.3 Å². The highest BCUT2D eigenvalue weighted by molar-refractivity contribution is 7.99. The van der Waals surface area contributed by atoms with Crippen LogP contribution in [0.5, 0.6) is 0 Å². The van der Waals surface area contributed by atoms with Gasteiger partial charge in [-0.25, -0.2) is 0 Å². The molecule has 18 heavy (non-hydrogen) atoms. The van der Waals surface area contributed by atoms with Gasteiger partial charge in [0.15, 0.2) is 0 Å². The molecular formula is C15H25NOS. The molecule has 0 spiro atoms. The molecule has 1 aromatic carbocycles. The van der Waals surface area contributed by atoms with Gasteiger partial charge in [-0.3, -0.25) is 0 Å². The predicted molar refractivity (Wildman–Crippen MR) is 80.2 cm³/mol. The van der Waals surface area contributed by atoms with E-state index in [1.54, 1.807) is 0 Å². The van der Waals surface area contributed by atoms with Gasteiger partial charge in [0.1, 0.15) is 0 Å². The normalized spacial score (nSPS) is 14.5. The highest BCUT2D eigenvalue weighted by Crippen LogP contribution is 2.26. The van der Waals surface area contributed by atoms with Crippen LogP contribution in [0.1, 0.15) is 37.3 Å². The summed E-state index contributed by atoms with van der Waals surface area (Å²) in [5.41, 5.74) is 7.56. The predicted octanol–water partition coefficient (Wildman–Crippen LogP) is 3.28. The van der Waals surface area contributed by atoms with Crippen LogP contribution >= 0.6 is 11.8 Å². The van der Waals surface area contributed by atoms with Crippen molar-refractivity contribution in [1.29, 1.82) is 0 Å². The zero-order valence-electron chi connectivity index (χ0n) is 11.7. The zero-order valence-corrected chi connectivity index (χ0v) is 12.5. The summed E-state index contributed by atoms with van der Waals surface area (Å²) in [6, 6.07) is 6.54. The van der Waals surface area contributed by atoms with Crippen molar-refractivity contribution in [2.45, 2.75) is 50.5 Å². The Labute approximate surface area is 115 Å². The monoisotopic (exact) mass is 267 g/mol. The van der Waals surface area contributed by atoms with Crippen LogP contribution in [0.15, 0.2) is 23.1 Å². The standard InChI is InChI=1S/C15H25NOS/c1-4-15(17,11-16)8-5-9-18-14-10-12(2)6-7-13(14)3/h6-7,10,17H,4-5,8-9,11,16H2,1-3H3. The molecule has 3 N–H and O–H groups in total. The second-order valence-electron chi connectivity index (χ2n) is 5.00. The van der Waals surface area contributed by atoms with Crippen LogP contribution in [-0.4, -0.2) is 23.0 Å². The van der Waals surface area contributed by atoms with E-state index in [0.717, 1.165) is 25.0 Å². The maximum absolute atomic E-state index is 10.1. The lowest BCUT2D eigenvalue weighted by atomic mass is 9.95. The number of benzene rings is 1. The summed E-state index contributed by atoms with van der Waals surface area (Å²) >= 11 is 1.87. The third-order valence-electron chi connectivity index (χ3n) is 3.43. The van der Waals surface area contributed by atoms with Gasteiger partial charge in [0.05, 0.1) is 5.60 Å². The summed E-state index contributed by atoms with van der Waals surface area (Å²) in [5, 5.41) is 10.1. The van der Waals surface area contributed by atoms with Gasteiger partial charge < -0.3 is 10.8 Å². The number of aryl methyl sites for hydroxylation is 2. The molecule has 0 amide bonds. The lowest BCUT2D eigenvalue weighted by Gasteiger charge is -2.24. The molecule has 0 aromatic heterocycles. The Bertz CT molecular complexity index is 375. The first-order chi connectivity index (χ1) is 8.50. The summed E-state index contributed by atoms with van der Waals surface area (Å²) in [6.07, 6.45) is 2.52. The van der Waals surface area contributed by atoms with Gasteiger partial charge in [-0.15, -0.1) is 11.8 Å². The Kier molecular flexibility index (Phi) is 6.19. The third-order valence-corrected chi connectivity index (χ3v) is 4.67. The number of thioether (sulfide) groups is 1. The van der Waals surface area contributed by atoms with E-state index in [2.05, 4.69) is 32.0 Å². The lowest BCUT2D eigenvalue weighted by Crippen LogP contribution is -2.36. The minimum Gasteiger partial charge on any atom is -0.389 e. The molecule has 1 atom stereocenters. The Hall–Kier alpha value is -0.510. The molecule has 0 radical (unpaired) electrons. The fourth-order valence-corrected chi connectivity index (χ4v) is 2.94. The van der Waals surface area contributed by atoms with Gasteiger partial charge in [0.25, 0.3) is 0 Å². The van der Waals surface area contributed by atoms with E-state index in [4.69, 9.17) is 5.73 Å². The number of aliphatic hydroxyl groups is 1. The second-order valence-corrected chi connectivity index (χ2v) is 6.14. The SMILES string of the molecule is CCC(O)(CN)CCCSc1cc(C)ccc1C. The van der Waals surface area contributed by atoms with Gasteiger partial charge in [0.2, 0.25) is 0 Å². The molecule has 1 rings (SSSR count). The third kappa shape index (κ3) is 4.63. The first kappa shape index (κ1) is 15.5. The van der Waals surface area contributed by atoms with E-state index in [0.29, 0.717) is 6.54 Å². The highest BCUT2D eigenvalue weighted by atomic mass is 32.2. The van der Waals surface area contributed by atoms with E-state index in [1.165, 1.54) is 16.0 Å². The van der Waals surface area contributed by atoms with Crippen molar-refractivity contribution in [3.8, 4) is 0 Å². The van der Waals surface area contributed by atoms with Crippen molar-refractivity contribution in [2.75, 3.05) is 12.3 Å². The number of rotatable bonds is 7. The average molecular weight is 267 g/mol. The van der Waals surface area contributed by atoms with Crippen LogP contribution in [0, 0.1) is 13.8 Å². The largest absolute Gasteiger partial charge is 0.389 e. The fraction of sp³-hybridized carbons (Fsp3) is 0.600. The molecule has 0 fully saturated rings. The van der Waals surface area contributed by atoms with Crippen molar-refractivity contribution >= 4 is 11.8 Å². The summed E-state index contributed by atoms with van der Waals surface area (Å²) in [4.78, 5) is 1.35. The minimum absolute atomic E-state index is 0.359. The molecule has 2 nitrogen and oxygen atoms in total. The second kappa shape index (κ2) is 7.17. The van der Waals surface area contributed by atoms with Gasteiger partial charge in [-0.1, -0.05) is 24.6 Å².